The van der Waals surface area contributed by atoms with Crippen LogP contribution >= 0.6 is 11.6 Å². The quantitative estimate of drug-likeness (QED) is 0.563. The standard InChI is InChI=1S/C24H25ClO/c1-15-5-7-19(9-17(15)3)11-21-13-23(25)14-22(24(21)26)12-20-8-6-16(2)18(4)10-20/h5-10,13-14,26H,11-12H2,1-4H3. The van der Waals surface area contributed by atoms with E-state index in [0.29, 0.717) is 23.6 Å². The van der Waals surface area contributed by atoms with Crippen LogP contribution in [0.4, 0.5) is 0 Å². The summed E-state index contributed by atoms with van der Waals surface area (Å²) in [7, 11) is 0. The predicted octanol–water partition coefficient (Wildman–Crippen LogP) is 6.46. The van der Waals surface area contributed by atoms with Gasteiger partial charge in [0.15, 0.2) is 0 Å². The Bertz CT molecular complexity index is 882. The van der Waals surface area contributed by atoms with E-state index in [1.165, 1.54) is 33.4 Å². The van der Waals surface area contributed by atoms with Gasteiger partial charge in [-0.3, -0.25) is 0 Å². The van der Waals surface area contributed by atoms with Gasteiger partial charge in [0.05, 0.1) is 0 Å². The number of halogens is 1. The molecular weight excluding hydrogens is 340 g/mol. The molecule has 3 rings (SSSR count). The van der Waals surface area contributed by atoms with Crippen LogP contribution in [0.1, 0.15) is 44.5 Å². The SMILES string of the molecule is Cc1ccc(Cc2cc(Cl)cc(Cc3ccc(C)c(C)c3)c2O)cc1C. The van der Waals surface area contributed by atoms with E-state index in [1.807, 2.05) is 12.1 Å². The maximum Gasteiger partial charge on any atom is 0.122 e. The Balaban J connectivity index is 1.92. The molecule has 3 aromatic rings. The lowest BCUT2D eigenvalue weighted by molar-refractivity contribution is 0.463. The molecule has 0 saturated carbocycles. The molecule has 0 fully saturated rings. The second-order valence-electron chi connectivity index (χ2n) is 7.26. The van der Waals surface area contributed by atoms with Crippen molar-refractivity contribution in [2.75, 3.05) is 0 Å². The van der Waals surface area contributed by atoms with Crippen LogP contribution < -0.4 is 0 Å². The van der Waals surface area contributed by atoms with Gasteiger partial charge in [-0.05, 0) is 73.2 Å². The highest BCUT2D eigenvalue weighted by atomic mass is 35.5. The molecule has 0 aliphatic heterocycles. The van der Waals surface area contributed by atoms with Gasteiger partial charge in [-0.1, -0.05) is 48.0 Å². The van der Waals surface area contributed by atoms with Crippen molar-refractivity contribution >= 4 is 11.6 Å². The van der Waals surface area contributed by atoms with E-state index in [4.69, 9.17) is 11.6 Å². The number of hydrogen-bond acceptors (Lipinski definition) is 1. The molecule has 0 radical (unpaired) electrons. The maximum absolute atomic E-state index is 10.8. The molecule has 0 heterocycles. The first-order valence-electron chi connectivity index (χ1n) is 8.96. The average molecular weight is 365 g/mol. The first-order valence-corrected chi connectivity index (χ1v) is 9.34. The zero-order chi connectivity index (χ0) is 18.8. The summed E-state index contributed by atoms with van der Waals surface area (Å²) >= 11 is 6.36. The van der Waals surface area contributed by atoms with Crippen molar-refractivity contribution in [3.05, 3.63) is 98.1 Å². The van der Waals surface area contributed by atoms with E-state index >= 15 is 0 Å². The summed E-state index contributed by atoms with van der Waals surface area (Å²) in [6.45, 7) is 8.44. The first kappa shape index (κ1) is 18.5. The van der Waals surface area contributed by atoms with E-state index in [0.717, 1.165) is 11.1 Å². The Morgan fingerprint density at radius 1 is 0.654 bits per heavy atom. The Kier molecular flexibility index (Phi) is 5.38. The number of aromatic hydroxyl groups is 1. The highest BCUT2D eigenvalue weighted by Crippen LogP contribution is 2.31. The fourth-order valence-electron chi connectivity index (χ4n) is 3.25. The monoisotopic (exact) mass is 364 g/mol. The van der Waals surface area contributed by atoms with Crippen molar-refractivity contribution in [1.29, 1.82) is 0 Å². The molecule has 0 bridgehead atoms. The number of aryl methyl sites for hydroxylation is 4. The summed E-state index contributed by atoms with van der Waals surface area (Å²) in [6.07, 6.45) is 1.35. The highest BCUT2D eigenvalue weighted by Gasteiger charge is 2.12. The lowest BCUT2D eigenvalue weighted by Crippen LogP contribution is -1.97. The summed E-state index contributed by atoms with van der Waals surface area (Å²) in [6, 6.07) is 16.6. The summed E-state index contributed by atoms with van der Waals surface area (Å²) < 4.78 is 0. The van der Waals surface area contributed by atoms with Crippen LogP contribution in [-0.4, -0.2) is 5.11 Å². The number of rotatable bonds is 4. The van der Waals surface area contributed by atoms with Gasteiger partial charge in [0.1, 0.15) is 5.75 Å². The van der Waals surface area contributed by atoms with Gasteiger partial charge in [0, 0.05) is 29.0 Å². The van der Waals surface area contributed by atoms with Crippen LogP contribution in [0.25, 0.3) is 0 Å². The third-order valence-corrected chi connectivity index (χ3v) is 5.38. The molecule has 1 nitrogen and oxygen atoms in total. The zero-order valence-electron chi connectivity index (χ0n) is 15.9. The van der Waals surface area contributed by atoms with Crippen molar-refractivity contribution < 1.29 is 5.11 Å². The van der Waals surface area contributed by atoms with Gasteiger partial charge >= 0.3 is 0 Å². The smallest absolute Gasteiger partial charge is 0.122 e. The molecule has 134 valence electrons. The summed E-state index contributed by atoms with van der Waals surface area (Å²) in [4.78, 5) is 0. The van der Waals surface area contributed by atoms with Gasteiger partial charge in [-0.2, -0.15) is 0 Å². The van der Waals surface area contributed by atoms with Crippen LogP contribution in [0.15, 0.2) is 48.5 Å². The van der Waals surface area contributed by atoms with Gasteiger partial charge in [0.25, 0.3) is 0 Å². The molecule has 2 heteroatoms. The second-order valence-corrected chi connectivity index (χ2v) is 7.70. The van der Waals surface area contributed by atoms with E-state index < -0.39 is 0 Å². The normalized spacial score (nSPS) is 11.0. The number of phenols is 1. The topological polar surface area (TPSA) is 20.2 Å². The number of benzene rings is 3. The van der Waals surface area contributed by atoms with Crippen LogP contribution in [0, 0.1) is 27.7 Å². The lowest BCUT2D eigenvalue weighted by atomic mass is 9.95. The Labute approximate surface area is 161 Å². The molecule has 0 aliphatic rings. The average Bonchev–Trinajstić information content (AvgIpc) is 2.58. The Morgan fingerprint density at radius 3 is 1.46 bits per heavy atom. The minimum atomic E-state index is 0.353. The molecule has 0 spiro atoms. The summed E-state index contributed by atoms with van der Waals surface area (Å²) in [5, 5.41) is 11.5. The third kappa shape index (κ3) is 4.11. The molecular formula is C24H25ClO. The van der Waals surface area contributed by atoms with Crippen molar-refractivity contribution in [2.45, 2.75) is 40.5 Å². The van der Waals surface area contributed by atoms with Gasteiger partial charge in [-0.15, -0.1) is 0 Å². The largest absolute Gasteiger partial charge is 0.507 e. The van der Waals surface area contributed by atoms with Gasteiger partial charge < -0.3 is 5.11 Å². The molecule has 0 aliphatic carbocycles. The lowest BCUT2D eigenvalue weighted by Gasteiger charge is -2.13. The minimum absolute atomic E-state index is 0.353. The predicted molar refractivity (Wildman–Crippen MR) is 111 cm³/mol. The van der Waals surface area contributed by atoms with Crippen molar-refractivity contribution in [1.82, 2.24) is 0 Å². The van der Waals surface area contributed by atoms with E-state index in [2.05, 4.69) is 64.1 Å². The fourth-order valence-corrected chi connectivity index (χ4v) is 3.52. The van der Waals surface area contributed by atoms with Crippen molar-refractivity contribution in [3.63, 3.8) is 0 Å². The Hall–Kier alpha value is -2.25. The van der Waals surface area contributed by atoms with Gasteiger partial charge in [0.2, 0.25) is 0 Å². The van der Waals surface area contributed by atoms with E-state index in [-0.39, 0.29) is 0 Å². The molecule has 0 atom stereocenters. The molecule has 0 aromatic heterocycles. The van der Waals surface area contributed by atoms with E-state index in [9.17, 15) is 5.11 Å². The first-order chi connectivity index (χ1) is 12.3. The highest BCUT2D eigenvalue weighted by molar-refractivity contribution is 6.30. The maximum atomic E-state index is 10.8. The molecule has 0 amide bonds. The Morgan fingerprint density at radius 2 is 1.08 bits per heavy atom. The molecule has 0 saturated heterocycles. The third-order valence-electron chi connectivity index (χ3n) is 5.16. The van der Waals surface area contributed by atoms with Crippen LogP contribution in [0.2, 0.25) is 5.02 Å². The molecule has 3 aromatic carbocycles. The second kappa shape index (κ2) is 7.55. The van der Waals surface area contributed by atoms with Crippen molar-refractivity contribution in [3.8, 4) is 5.75 Å². The van der Waals surface area contributed by atoms with Crippen LogP contribution in [0.5, 0.6) is 5.75 Å². The van der Waals surface area contributed by atoms with Gasteiger partial charge in [-0.25, -0.2) is 0 Å². The zero-order valence-corrected chi connectivity index (χ0v) is 16.6. The number of phenolic OH excluding ortho intramolecular Hbond substituents is 1. The van der Waals surface area contributed by atoms with Crippen LogP contribution in [0.3, 0.4) is 0 Å². The van der Waals surface area contributed by atoms with E-state index in [1.54, 1.807) is 0 Å². The molecule has 26 heavy (non-hydrogen) atoms. The fraction of sp³-hybridized carbons (Fsp3) is 0.250. The minimum Gasteiger partial charge on any atom is -0.507 e. The van der Waals surface area contributed by atoms with Crippen molar-refractivity contribution in [2.24, 2.45) is 0 Å². The summed E-state index contributed by atoms with van der Waals surface area (Å²) in [5.74, 6) is 0.353. The summed E-state index contributed by atoms with van der Waals surface area (Å²) in [5.41, 5.74) is 9.20. The molecule has 0 unspecified atom stereocenters. The number of hydrogen-bond donors (Lipinski definition) is 1. The molecule has 1 N–H and O–H groups in total. The van der Waals surface area contributed by atoms with Crippen LogP contribution in [-0.2, 0) is 12.8 Å².